The van der Waals surface area contributed by atoms with Crippen LogP contribution in [0.2, 0.25) is 0 Å². The van der Waals surface area contributed by atoms with Crippen molar-refractivity contribution in [1.82, 2.24) is 0 Å². The molecule has 19 heavy (non-hydrogen) atoms. The predicted octanol–water partition coefficient (Wildman–Crippen LogP) is 3.49. The SMILES string of the molecule is COc1cc(C)c2c(c1)C1c3ccccc3NC1C2. The van der Waals surface area contributed by atoms with Crippen LogP contribution in [0.25, 0.3) is 0 Å². The third-order valence-corrected chi connectivity index (χ3v) is 4.51. The van der Waals surface area contributed by atoms with Crippen molar-refractivity contribution in [3.05, 3.63) is 58.7 Å². The van der Waals surface area contributed by atoms with Gasteiger partial charge in [-0.05, 0) is 53.8 Å². The molecule has 2 atom stereocenters. The molecule has 2 aliphatic rings. The van der Waals surface area contributed by atoms with E-state index in [2.05, 4.69) is 48.6 Å². The molecule has 1 heterocycles. The van der Waals surface area contributed by atoms with Gasteiger partial charge in [-0.1, -0.05) is 18.2 Å². The van der Waals surface area contributed by atoms with Gasteiger partial charge in [0, 0.05) is 17.6 Å². The minimum atomic E-state index is 0.486. The van der Waals surface area contributed by atoms with Gasteiger partial charge in [0.2, 0.25) is 0 Å². The van der Waals surface area contributed by atoms with Crippen LogP contribution < -0.4 is 10.1 Å². The van der Waals surface area contributed by atoms with Crippen LogP contribution >= 0.6 is 0 Å². The number of hydrogen-bond acceptors (Lipinski definition) is 2. The monoisotopic (exact) mass is 251 g/mol. The molecule has 2 aromatic rings. The number of benzene rings is 2. The average Bonchev–Trinajstić information content (AvgIpc) is 2.95. The van der Waals surface area contributed by atoms with Gasteiger partial charge in [0.15, 0.2) is 0 Å². The molecule has 4 rings (SSSR count). The van der Waals surface area contributed by atoms with Crippen LogP contribution in [0, 0.1) is 6.92 Å². The first-order valence-corrected chi connectivity index (χ1v) is 6.81. The van der Waals surface area contributed by atoms with E-state index in [1.54, 1.807) is 7.11 Å². The van der Waals surface area contributed by atoms with Crippen LogP contribution in [0.1, 0.15) is 28.2 Å². The standard InChI is InChI=1S/C17H17NO/c1-10-7-11(19-2)8-14-13(10)9-16-17(14)12-5-3-4-6-15(12)18-16/h3-8,16-18H,9H2,1-2H3. The van der Waals surface area contributed by atoms with Crippen LogP contribution in [0.5, 0.6) is 5.75 Å². The summed E-state index contributed by atoms with van der Waals surface area (Å²) in [4.78, 5) is 0. The van der Waals surface area contributed by atoms with Gasteiger partial charge < -0.3 is 10.1 Å². The molecule has 0 fully saturated rings. The zero-order valence-electron chi connectivity index (χ0n) is 11.2. The number of anilines is 1. The van der Waals surface area contributed by atoms with Crippen molar-refractivity contribution in [3.8, 4) is 5.75 Å². The highest BCUT2D eigenvalue weighted by Crippen LogP contribution is 2.48. The zero-order valence-corrected chi connectivity index (χ0v) is 11.2. The lowest BCUT2D eigenvalue weighted by Crippen LogP contribution is -2.17. The Hall–Kier alpha value is -1.96. The molecular weight excluding hydrogens is 234 g/mol. The number of aryl methyl sites for hydroxylation is 1. The van der Waals surface area contributed by atoms with E-state index in [1.807, 2.05) is 0 Å². The fourth-order valence-corrected chi connectivity index (χ4v) is 3.66. The van der Waals surface area contributed by atoms with Gasteiger partial charge in [-0.25, -0.2) is 0 Å². The maximum Gasteiger partial charge on any atom is 0.119 e. The third kappa shape index (κ3) is 1.43. The van der Waals surface area contributed by atoms with Crippen molar-refractivity contribution in [1.29, 1.82) is 0 Å². The van der Waals surface area contributed by atoms with Crippen molar-refractivity contribution in [3.63, 3.8) is 0 Å². The molecule has 0 amide bonds. The van der Waals surface area contributed by atoms with E-state index in [0.717, 1.165) is 12.2 Å². The van der Waals surface area contributed by atoms with Crippen molar-refractivity contribution >= 4 is 5.69 Å². The Kier molecular flexibility index (Phi) is 2.16. The molecule has 0 spiro atoms. The van der Waals surface area contributed by atoms with Gasteiger partial charge in [-0.2, -0.15) is 0 Å². The van der Waals surface area contributed by atoms with Crippen LogP contribution in [-0.4, -0.2) is 13.2 Å². The molecule has 0 saturated carbocycles. The summed E-state index contributed by atoms with van der Waals surface area (Å²) < 4.78 is 5.44. The molecule has 2 aromatic carbocycles. The van der Waals surface area contributed by atoms with E-state index >= 15 is 0 Å². The second kappa shape index (κ2) is 3.77. The summed E-state index contributed by atoms with van der Waals surface area (Å²) in [5.41, 5.74) is 7.02. The fraction of sp³-hybridized carbons (Fsp3) is 0.294. The van der Waals surface area contributed by atoms with E-state index in [-0.39, 0.29) is 0 Å². The Labute approximate surface area is 113 Å². The number of para-hydroxylation sites is 1. The quantitative estimate of drug-likeness (QED) is 0.837. The summed E-state index contributed by atoms with van der Waals surface area (Å²) in [6, 6.07) is 13.5. The Morgan fingerprint density at radius 2 is 2.00 bits per heavy atom. The highest BCUT2D eigenvalue weighted by Gasteiger charge is 2.40. The number of hydrogen-bond donors (Lipinski definition) is 1. The van der Waals surface area contributed by atoms with E-state index in [9.17, 15) is 0 Å². The Morgan fingerprint density at radius 1 is 1.16 bits per heavy atom. The zero-order chi connectivity index (χ0) is 13.0. The molecule has 0 radical (unpaired) electrons. The molecular formula is C17H17NO. The summed E-state index contributed by atoms with van der Waals surface area (Å²) in [5, 5.41) is 3.67. The second-order valence-electron chi connectivity index (χ2n) is 5.53. The summed E-state index contributed by atoms with van der Waals surface area (Å²) in [6.07, 6.45) is 1.12. The Morgan fingerprint density at radius 3 is 2.84 bits per heavy atom. The smallest absolute Gasteiger partial charge is 0.119 e. The number of methoxy groups -OCH3 is 1. The molecule has 2 heteroatoms. The molecule has 0 aromatic heterocycles. The molecule has 2 nitrogen and oxygen atoms in total. The molecule has 96 valence electrons. The van der Waals surface area contributed by atoms with Crippen molar-refractivity contribution in [2.24, 2.45) is 0 Å². The molecule has 1 aliphatic carbocycles. The van der Waals surface area contributed by atoms with Gasteiger partial charge in [-0.3, -0.25) is 0 Å². The average molecular weight is 251 g/mol. The van der Waals surface area contributed by atoms with Crippen molar-refractivity contribution in [2.45, 2.75) is 25.3 Å². The van der Waals surface area contributed by atoms with Gasteiger partial charge in [0.25, 0.3) is 0 Å². The second-order valence-corrected chi connectivity index (χ2v) is 5.53. The summed E-state index contributed by atoms with van der Waals surface area (Å²) >= 11 is 0. The maximum absolute atomic E-state index is 5.44. The van der Waals surface area contributed by atoms with Crippen molar-refractivity contribution < 1.29 is 4.74 Å². The Bertz CT molecular complexity index is 662. The van der Waals surface area contributed by atoms with Gasteiger partial charge >= 0.3 is 0 Å². The molecule has 1 N–H and O–H groups in total. The number of ether oxygens (including phenoxy) is 1. The van der Waals surface area contributed by atoms with Gasteiger partial charge in [0.05, 0.1) is 7.11 Å². The highest BCUT2D eigenvalue weighted by molar-refractivity contribution is 5.67. The van der Waals surface area contributed by atoms with Crippen molar-refractivity contribution in [2.75, 3.05) is 12.4 Å². The summed E-state index contributed by atoms with van der Waals surface area (Å²) in [5.74, 6) is 1.46. The highest BCUT2D eigenvalue weighted by atomic mass is 16.5. The first kappa shape index (κ1) is 10.9. The first-order chi connectivity index (χ1) is 9.28. The fourth-order valence-electron chi connectivity index (χ4n) is 3.66. The van der Waals surface area contributed by atoms with E-state index in [1.165, 1.54) is 27.9 Å². The minimum Gasteiger partial charge on any atom is -0.497 e. The summed E-state index contributed by atoms with van der Waals surface area (Å²) in [6.45, 7) is 2.19. The molecule has 0 bridgehead atoms. The van der Waals surface area contributed by atoms with Crippen LogP contribution in [0.3, 0.4) is 0 Å². The van der Waals surface area contributed by atoms with Gasteiger partial charge in [0.1, 0.15) is 5.75 Å². The number of rotatable bonds is 1. The molecule has 1 aliphatic heterocycles. The topological polar surface area (TPSA) is 21.3 Å². The van der Waals surface area contributed by atoms with Crippen LogP contribution in [-0.2, 0) is 6.42 Å². The largest absolute Gasteiger partial charge is 0.497 e. The molecule has 0 saturated heterocycles. The van der Waals surface area contributed by atoms with E-state index in [4.69, 9.17) is 4.74 Å². The maximum atomic E-state index is 5.44. The number of fused-ring (bicyclic) bond motifs is 5. The lowest BCUT2D eigenvalue weighted by molar-refractivity contribution is 0.414. The van der Waals surface area contributed by atoms with Gasteiger partial charge in [-0.15, -0.1) is 0 Å². The Balaban J connectivity index is 1.91. The summed E-state index contributed by atoms with van der Waals surface area (Å²) in [7, 11) is 1.74. The lowest BCUT2D eigenvalue weighted by atomic mass is 9.92. The number of nitrogens with one attached hydrogen (secondary N) is 1. The predicted molar refractivity (Wildman–Crippen MR) is 77.1 cm³/mol. The first-order valence-electron chi connectivity index (χ1n) is 6.81. The minimum absolute atomic E-state index is 0.486. The van der Waals surface area contributed by atoms with Crippen LogP contribution in [0.15, 0.2) is 36.4 Å². The lowest BCUT2D eigenvalue weighted by Gasteiger charge is -2.13. The van der Waals surface area contributed by atoms with Crippen LogP contribution in [0.4, 0.5) is 5.69 Å². The molecule has 2 unspecified atom stereocenters. The normalized spacial score (nSPS) is 22.4. The van der Waals surface area contributed by atoms with E-state index in [0.29, 0.717) is 12.0 Å². The van der Waals surface area contributed by atoms with E-state index < -0.39 is 0 Å². The third-order valence-electron chi connectivity index (χ3n) is 4.51.